The third kappa shape index (κ3) is 3.16. The van der Waals surface area contributed by atoms with Crippen LogP contribution in [0.5, 0.6) is 0 Å². The van der Waals surface area contributed by atoms with Gasteiger partial charge in [0.25, 0.3) is 5.56 Å². The van der Waals surface area contributed by atoms with Crippen LogP contribution in [0, 0.1) is 0 Å². The maximum absolute atomic E-state index is 11.9. The van der Waals surface area contributed by atoms with E-state index in [1.165, 1.54) is 23.9 Å². The maximum Gasteiger partial charge on any atom is 0.331 e. The van der Waals surface area contributed by atoms with Gasteiger partial charge < -0.3 is 10.1 Å². The molecule has 1 aromatic rings. The number of nitrogens with zero attached hydrogens (tertiary/aromatic N) is 2. The number of aromatic nitrogens is 2. The third-order valence-corrected chi connectivity index (χ3v) is 3.49. The molecule has 2 rings (SSSR count). The largest absolute Gasteiger partial charge is 0.376 e. The molecule has 0 aromatic carbocycles. The van der Waals surface area contributed by atoms with Gasteiger partial charge in [-0.1, -0.05) is 0 Å². The number of carbonyl (C=O) groups is 1. The fraction of sp³-hybridized carbons (Fsp3) is 0.615. The van der Waals surface area contributed by atoms with Crippen LogP contribution in [0.3, 0.4) is 0 Å². The van der Waals surface area contributed by atoms with Crippen molar-refractivity contribution in [3.63, 3.8) is 0 Å². The van der Waals surface area contributed by atoms with Crippen LogP contribution >= 0.6 is 0 Å². The minimum absolute atomic E-state index is 0.0378. The lowest BCUT2D eigenvalue weighted by molar-refractivity contribution is -0.123. The van der Waals surface area contributed by atoms with Crippen molar-refractivity contribution < 1.29 is 9.53 Å². The Balaban J connectivity index is 1.99. The van der Waals surface area contributed by atoms with Crippen molar-refractivity contribution in [2.75, 3.05) is 6.61 Å². The second kappa shape index (κ2) is 6.04. The Morgan fingerprint density at radius 2 is 2.30 bits per heavy atom. The molecule has 1 N–H and O–H groups in total. The molecule has 0 saturated carbocycles. The van der Waals surface area contributed by atoms with E-state index in [1.54, 1.807) is 0 Å². The maximum atomic E-state index is 11.9. The fourth-order valence-electron chi connectivity index (χ4n) is 2.28. The summed E-state index contributed by atoms with van der Waals surface area (Å²) in [4.78, 5) is 35.0. The molecule has 1 aliphatic heterocycles. The molecule has 1 aliphatic rings. The molecule has 0 spiro atoms. The summed E-state index contributed by atoms with van der Waals surface area (Å²) in [6, 6.07) is 1.17. The zero-order valence-corrected chi connectivity index (χ0v) is 11.7. The Bertz CT molecular complexity index is 598. The number of rotatable bonds is 4. The Hall–Kier alpha value is -1.89. The number of ether oxygens (including phenoxy) is 1. The number of amides is 1. The molecule has 2 atom stereocenters. The van der Waals surface area contributed by atoms with Crippen LogP contribution in [0.25, 0.3) is 0 Å². The van der Waals surface area contributed by atoms with Crippen molar-refractivity contribution in [2.24, 2.45) is 7.05 Å². The summed E-state index contributed by atoms with van der Waals surface area (Å²) in [6.45, 7) is 2.51. The molecule has 1 aromatic heterocycles. The fourth-order valence-corrected chi connectivity index (χ4v) is 2.28. The van der Waals surface area contributed by atoms with Gasteiger partial charge in [0, 0.05) is 25.9 Å². The molecule has 2 heterocycles. The highest BCUT2D eigenvalue weighted by atomic mass is 16.5. The lowest BCUT2D eigenvalue weighted by atomic mass is 10.1. The van der Waals surface area contributed by atoms with Crippen LogP contribution in [0.1, 0.15) is 19.8 Å². The summed E-state index contributed by atoms with van der Waals surface area (Å²) in [6.07, 6.45) is 3.31. The molecule has 2 unspecified atom stereocenters. The molecule has 1 amide bonds. The van der Waals surface area contributed by atoms with Gasteiger partial charge in [-0.25, -0.2) is 4.79 Å². The molecule has 7 nitrogen and oxygen atoms in total. The average Bonchev–Trinajstić information content (AvgIpc) is 2.93. The van der Waals surface area contributed by atoms with Crippen LogP contribution in [0.2, 0.25) is 0 Å². The number of carbonyl (C=O) groups excluding carboxylic acids is 1. The van der Waals surface area contributed by atoms with Gasteiger partial charge in [-0.05, 0) is 19.8 Å². The smallest absolute Gasteiger partial charge is 0.331 e. The molecular weight excluding hydrogens is 262 g/mol. The van der Waals surface area contributed by atoms with Gasteiger partial charge in [0.05, 0.1) is 12.1 Å². The van der Waals surface area contributed by atoms with Gasteiger partial charge in [0.1, 0.15) is 6.54 Å². The average molecular weight is 281 g/mol. The highest BCUT2D eigenvalue weighted by molar-refractivity contribution is 5.76. The monoisotopic (exact) mass is 281 g/mol. The second-order valence-corrected chi connectivity index (χ2v) is 5.03. The summed E-state index contributed by atoms with van der Waals surface area (Å²) in [7, 11) is 1.38. The van der Waals surface area contributed by atoms with E-state index in [9.17, 15) is 14.4 Å². The molecule has 20 heavy (non-hydrogen) atoms. The first-order chi connectivity index (χ1) is 9.49. The lowest BCUT2D eigenvalue weighted by Crippen LogP contribution is -2.45. The van der Waals surface area contributed by atoms with E-state index >= 15 is 0 Å². The zero-order valence-electron chi connectivity index (χ0n) is 11.7. The topological polar surface area (TPSA) is 82.3 Å². The summed E-state index contributed by atoms with van der Waals surface area (Å²) in [5.74, 6) is -0.270. The standard InChI is InChI=1S/C13H19N3O4/c1-9(10-4-3-7-20-10)14-11(17)8-16-6-5-12(18)15(2)13(16)19/h5-6,9-10H,3-4,7-8H2,1-2H3,(H,14,17). The number of hydrogen-bond acceptors (Lipinski definition) is 4. The Morgan fingerprint density at radius 3 is 2.95 bits per heavy atom. The number of hydrogen-bond donors (Lipinski definition) is 1. The highest BCUT2D eigenvalue weighted by Gasteiger charge is 2.23. The van der Waals surface area contributed by atoms with Crippen molar-refractivity contribution in [1.82, 2.24) is 14.5 Å². The molecule has 7 heteroatoms. The van der Waals surface area contributed by atoms with E-state index in [1.807, 2.05) is 6.92 Å². The van der Waals surface area contributed by atoms with Crippen LogP contribution in [-0.2, 0) is 23.1 Å². The molecule has 0 bridgehead atoms. The van der Waals surface area contributed by atoms with Crippen LogP contribution in [-0.4, -0.2) is 33.8 Å². The minimum atomic E-state index is -0.502. The van der Waals surface area contributed by atoms with Crippen LogP contribution < -0.4 is 16.6 Å². The van der Waals surface area contributed by atoms with E-state index < -0.39 is 5.69 Å². The summed E-state index contributed by atoms with van der Waals surface area (Å²) in [5, 5.41) is 2.82. The highest BCUT2D eigenvalue weighted by Crippen LogP contribution is 2.15. The van der Waals surface area contributed by atoms with E-state index in [-0.39, 0.29) is 30.2 Å². The second-order valence-electron chi connectivity index (χ2n) is 5.03. The van der Waals surface area contributed by atoms with E-state index in [0.29, 0.717) is 0 Å². The normalized spacial score (nSPS) is 19.8. The number of nitrogens with one attached hydrogen (secondary N) is 1. The SMILES string of the molecule is CC(NC(=O)Cn1ccc(=O)n(C)c1=O)C1CCCO1. The third-order valence-electron chi connectivity index (χ3n) is 3.49. The van der Waals surface area contributed by atoms with Crippen molar-refractivity contribution in [3.05, 3.63) is 33.1 Å². The quantitative estimate of drug-likeness (QED) is 0.785. The van der Waals surface area contributed by atoms with Gasteiger partial charge in [0.15, 0.2) is 0 Å². The first-order valence-electron chi connectivity index (χ1n) is 6.66. The predicted molar refractivity (Wildman–Crippen MR) is 72.5 cm³/mol. The van der Waals surface area contributed by atoms with Crippen LogP contribution in [0.15, 0.2) is 21.9 Å². The summed E-state index contributed by atoms with van der Waals surface area (Å²) < 4.78 is 7.67. The van der Waals surface area contributed by atoms with E-state index in [4.69, 9.17) is 4.74 Å². The molecule has 1 saturated heterocycles. The van der Waals surface area contributed by atoms with Crippen molar-refractivity contribution in [3.8, 4) is 0 Å². The van der Waals surface area contributed by atoms with Gasteiger partial charge in [-0.3, -0.25) is 18.7 Å². The first-order valence-corrected chi connectivity index (χ1v) is 6.66. The van der Waals surface area contributed by atoms with Gasteiger partial charge in [0.2, 0.25) is 5.91 Å². The Morgan fingerprint density at radius 1 is 1.55 bits per heavy atom. The van der Waals surface area contributed by atoms with Crippen molar-refractivity contribution in [2.45, 2.75) is 38.5 Å². The lowest BCUT2D eigenvalue weighted by Gasteiger charge is -2.20. The summed E-state index contributed by atoms with van der Waals surface area (Å²) in [5.41, 5.74) is -0.892. The van der Waals surface area contributed by atoms with Gasteiger partial charge in [-0.2, -0.15) is 0 Å². The Kier molecular flexibility index (Phi) is 4.39. The molecule has 110 valence electrons. The Labute approximate surface area is 116 Å². The molecule has 1 fully saturated rings. The first kappa shape index (κ1) is 14.5. The zero-order chi connectivity index (χ0) is 14.7. The van der Waals surface area contributed by atoms with Crippen molar-refractivity contribution >= 4 is 5.91 Å². The van der Waals surface area contributed by atoms with Crippen molar-refractivity contribution in [1.29, 1.82) is 0 Å². The van der Waals surface area contributed by atoms with Gasteiger partial charge >= 0.3 is 5.69 Å². The summed E-state index contributed by atoms with van der Waals surface area (Å²) >= 11 is 0. The molecule has 0 aliphatic carbocycles. The predicted octanol–water partition coefficient (Wildman–Crippen LogP) is -0.769. The minimum Gasteiger partial charge on any atom is -0.376 e. The van der Waals surface area contributed by atoms with Crippen LogP contribution in [0.4, 0.5) is 0 Å². The van der Waals surface area contributed by atoms with Gasteiger partial charge in [-0.15, -0.1) is 0 Å². The van der Waals surface area contributed by atoms with E-state index in [2.05, 4.69) is 5.32 Å². The van der Waals surface area contributed by atoms with E-state index in [0.717, 1.165) is 24.0 Å². The molecule has 0 radical (unpaired) electrons. The molecular formula is C13H19N3O4.